The smallest absolute Gasteiger partial charge is 0.387 e. The number of aliphatic hydroxyl groups is 1. The first-order valence-electron chi connectivity index (χ1n) is 9.21. The van der Waals surface area contributed by atoms with E-state index in [0.29, 0.717) is 11.1 Å². The van der Waals surface area contributed by atoms with Crippen molar-refractivity contribution in [3.63, 3.8) is 0 Å². The van der Waals surface area contributed by atoms with Crippen LogP contribution in [0.5, 0.6) is 5.75 Å². The van der Waals surface area contributed by atoms with Crippen molar-refractivity contribution in [1.82, 2.24) is 15.3 Å². The molecule has 11 heteroatoms. The molecule has 1 aromatic heterocycles. The molecule has 0 fully saturated rings. The van der Waals surface area contributed by atoms with Crippen molar-refractivity contribution >= 4 is 24.3 Å². The van der Waals surface area contributed by atoms with E-state index in [4.69, 9.17) is 5.73 Å². The lowest BCUT2D eigenvalue weighted by Gasteiger charge is -2.18. The predicted octanol–water partition coefficient (Wildman–Crippen LogP) is 3.08. The molecule has 0 bridgehead atoms. The number of carbonyl (C=O) groups is 1. The number of alkyl halides is 2. The average Bonchev–Trinajstić information content (AvgIpc) is 2.76. The van der Waals surface area contributed by atoms with Gasteiger partial charge in [0.1, 0.15) is 11.6 Å². The minimum atomic E-state index is -3.06. The number of carbonyl (C=O) groups excluding carboxylic acids is 1. The summed E-state index contributed by atoms with van der Waals surface area (Å²) in [6, 6.07) is 8.14. The van der Waals surface area contributed by atoms with E-state index in [1.807, 2.05) is 0 Å². The Morgan fingerprint density at radius 3 is 2.52 bits per heavy atom. The fourth-order valence-corrected chi connectivity index (χ4v) is 2.74. The number of rotatable bonds is 6. The third-order valence-corrected chi connectivity index (χ3v) is 4.21. The molecule has 4 N–H and O–H groups in total. The number of nitrogen functional groups attached to an aromatic ring is 1. The number of benzene rings is 2. The summed E-state index contributed by atoms with van der Waals surface area (Å²) in [7, 11) is 0. The van der Waals surface area contributed by atoms with Gasteiger partial charge in [0, 0.05) is 18.0 Å². The molecule has 0 radical (unpaired) electrons. The highest BCUT2D eigenvalue weighted by atomic mass is 35.5. The molecule has 0 aliphatic carbocycles. The molecule has 1 atom stereocenters. The second-order valence-corrected chi connectivity index (χ2v) is 6.43. The molecule has 2 aromatic carbocycles. The number of ether oxygens (including phenoxy) is 1. The van der Waals surface area contributed by atoms with Gasteiger partial charge in [-0.2, -0.15) is 8.78 Å². The Labute approximate surface area is 193 Å². The summed E-state index contributed by atoms with van der Waals surface area (Å²) in [5, 5.41) is 12.2. The second kappa shape index (κ2) is 11.7. The quantitative estimate of drug-likeness (QED) is 0.470. The lowest BCUT2D eigenvalue weighted by molar-refractivity contribution is -0.0498. The third-order valence-electron chi connectivity index (χ3n) is 4.21. The molecule has 0 unspecified atom stereocenters. The summed E-state index contributed by atoms with van der Waals surface area (Å²) < 4.78 is 43.1. The summed E-state index contributed by atoms with van der Waals surface area (Å²) in [6.45, 7) is -3.56. The molecule has 0 saturated carbocycles. The molecule has 0 aliphatic rings. The topological polar surface area (TPSA) is 110 Å². The van der Waals surface area contributed by atoms with Gasteiger partial charge in [-0.05, 0) is 35.9 Å². The van der Waals surface area contributed by atoms with E-state index in [2.05, 4.69) is 31.9 Å². The van der Waals surface area contributed by atoms with Crippen LogP contribution in [0.25, 0.3) is 0 Å². The third kappa shape index (κ3) is 7.10. The number of aromatic nitrogens is 2. The van der Waals surface area contributed by atoms with Crippen LogP contribution in [0.1, 0.15) is 33.1 Å². The lowest BCUT2D eigenvalue weighted by Crippen LogP contribution is -2.31. The molecule has 3 aromatic rings. The van der Waals surface area contributed by atoms with Crippen LogP contribution in [0.15, 0.2) is 54.9 Å². The van der Waals surface area contributed by atoms with Crippen molar-refractivity contribution in [2.45, 2.75) is 12.7 Å². The molecule has 1 heterocycles. The van der Waals surface area contributed by atoms with Crippen LogP contribution < -0.4 is 15.8 Å². The first-order valence-corrected chi connectivity index (χ1v) is 9.21. The number of amides is 1. The Balaban J connectivity index is 0.00000385. The van der Waals surface area contributed by atoms with Gasteiger partial charge in [0.25, 0.3) is 5.91 Å². The van der Waals surface area contributed by atoms with Gasteiger partial charge >= 0.3 is 6.61 Å². The molecule has 172 valence electrons. The van der Waals surface area contributed by atoms with Gasteiger partial charge in [0.2, 0.25) is 5.95 Å². The summed E-state index contributed by atoms with van der Waals surface area (Å²) >= 11 is 0. The van der Waals surface area contributed by atoms with Crippen molar-refractivity contribution < 1.29 is 27.8 Å². The maximum atomic E-state index is 13.5. The summed E-state index contributed by atoms with van der Waals surface area (Å²) in [5.41, 5.74) is 6.26. The van der Waals surface area contributed by atoms with Gasteiger partial charge in [-0.1, -0.05) is 24.0 Å². The van der Waals surface area contributed by atoms with Crippen LogP contribution in [0.4, 0.5) is 19.1 Å². The molecule has 3 rings (SSSR count). The van der Waals surface area contributed by atoms with Crippen LogP contribution >= 0.6 is 12.4 Å². The second-order valence-electron chi connectivity index (χ2n) is 6.43. The number of hydrogen-bond acceptors (Lipinski definition) is 6. The maximum absolute atomic E-state index is 13.5. The van der Waals surface area contributed by atoms with Gasteiger partial charge in [-0.25, -0.2) is 14.4 Å². The monoisotopic (exact) mass is 478 g/mol. The van der Waals surface area contributed by atoms with Gasteiger partial charge in [0.15, 0.2) is 0 Å². The predicted molar refractivity (Wildman–Crippen MR) is 116 cm³/mol. The first-order chi connectivity index (χ1) is 15.4. The molecular formula is C22H18ClF3N4O3. The lowest BCUT2D eigenvalue weighted by atomic mass is 10.0. The number of nitrogens with two attached hydrogens (primary N) is 1. The molecule has 0 spiro atoms. The fourth-order valence-electron chi connectivity index (χ4n) is 2.74. The van der Waals surface area contributed by atoms with Crippen LogP contribution in [-0.2, 0) is 0 Å². The van der Waals surface area contributed by atoms with Crippen molar-refractivity contribution in [2.75, 3.05) is 12.3 Å². The number of nitrogens with one attached hydrogen (secondary N) is 1. The van der Waals surface area contributed by atoms with Gasteiger partial charge in [0.05, 0.1) is 23.8 Å². The zero-order valence-corrected chi connectivity index (χ0v) is 17.7. The standard InChI is InChI=1S/C22H17F3N4O3.ClH/c23-16-3-1-2-15(8-16)19(12-30)29-20(31)18-7-6-17(32-21(24)25)9-14(18)5-4-13-10-27-22(26)28-11-13;/h1-3,6-11,19,21,30H,12H2,(H,29,31)(H2,26,27,28);1H/t19-;/m1./s1. The average molecular weight is 479 g/mol. The highest BCUT2D eigenvalue weighted by molar-refractivity contribution is 5.97. The van der Waals surface area contributed by atoms with E-state index >= 15 is 0 Å². The fraction of sp³-hybridized carbons (Fsp3) is 0.136. The zero-order chi connectivity index (χ0) is 23.1. The number of anilines is 1. The van der Waals surface area contributed by atoms with Crippen LogP contribution in [-0.4, -0.2) is 34.2 Å². The Kier molecular flexibility index (Phi) is 9.03. The van der Waals surface area contributed by atoms with Crippen molar-refractivity contribution in [3.05, 3.63) is 82.9 Å². The van der Waals surface area contributed by atoms with E-state index in [0.717, 1.165) is 0 Å². The van der Waals surface area contributed by atoms with Gasteiger partial charge in [-0.15, -0.1) is 12.4 Å². The van der Waals surface area contributed by atoms with Crippen molar-refractivity contribution in [2.24, 2.45) is 0 Å². The summed E-state index contributed by atoms with van der Waals surface area (Å²) in [6.07, 6.45) is 2.72. The highest BCUT2D eigenvalue weighted by Gasteiger charge is 2.18. The number of aliphatic hydroxyl groups excluding tert-OH is 1. The van der Waals surface area contributed by atoms with E-state index < -0.39 is 31.0 Å². The van der Waals surface area contributed by atoms with Crippen molar-refractivity contribution in [3.8, 4) is 17.6 Å². The Hall–Kier alpha value is -3.81. The van der Waals surface area contributed by atoms with Gasteiger partial charge in [-0.3, -0.25) is 4.79 Å². The van der Waals surface area contributed by atoms with E-state index in [-0.39, 0.29) is 35.2 Å². The van der Waals surface area contributed by atoms with E-state index in [1.54, 1.807) is 6.07 Å². The summed E-state index contributed by atoms with van der Waals surface area (Å²) in [4.78, 5) is 20.5. The van der Waals surface area contributed by atoms with Crippen molar-refractivity contribution in [1.29, 1.82) is 0 Å². The minimum Gasteiger partial charge on any atom is -0.435 e. The molecule has 1 amide bonds. The number of nitrogens with zero attached hydrogens (tertiary/aromatic N) is 2. The SMILES string of the molecule is Cl.Nc1ncc(C#Cc2cc(OC(F)F)ccc2C(=O)N[C@H](CO)c2cccc(F)c2)cn1. The molecule has 0 saturated heterocycles. The Morgan fingerprint density at radius 2 is 1.88 bits per heavy atom. The Bertz CT molecular complexity index is 1170. The maximum Gasteiger partial charge on any atom is 0.387 e. The largest absolute Gasteiger partial charge is 0.435 e. The molecule has 7 nitrogen and oxygen atoms in total. The van der Waals surface area contributed by atoms with Crippen LogP contribution in [0, 0.1) is 17.7 Å². The van der Waals surface area contributed by atoms with Gasteiger partial charge < -0.3 is 20.9 Å². The highest BCUT2D eigenvalue weighted by Crippen LogP contribution is 2.21. The van der Waals surface area contributed by atoms with Crippen LogP contribution in [0.3, 0.4) is 0 Å². The molecule has 0 aliphatic heterocycles. The van der Waals surface area contributed by atoms with E-state index in [1.165, 1.54) is 48.8 Å². The number of hydrogen-bond donors (Lipinski definition) is 3. The number of halogens is 4. The minimum absolute atomic E-state index is 0. The normalized spacial score (nSPS) is 11.1. The molecular weight excluding hydrogens is 461 g/mol. The first kappa shape index (κ1) is 25.5. The zero-order valence-electron chi connectivity index (χ0n) is 16.8. The summed E-state index contributed by atoms with van der Waals surface area (Å²) in [5.74, 6) is 4.09. The molecule has 33 heavy (non-hydrogen) atoms. The van der Waals surface area contributed by atoms with E-state index in [9.17, 15) is 23.1 Å². The van der Waals surface area contributed by atoms with Crippen LogP contribution in [0.2, 0.25) is 0 Å². The Morgan fingerprint density at radius 1 is 1.15 bits per heavy atom.